The van der Waals surface area contributed by atoms with Gasteiger partial charge in [-0.3, -0.25) is 0 Å². The number of alkyl halides is 3. The van der Waals surface area contributed by atoms with Crippen LogP contribution in [-0.2, 0) is 19.6 Å². The van der Waals surface area contributed by atoms with Gasteiger partial charge in [0.25, 0.3) is 0 Å². The van der Waals surface area contributed by atoms with Gasteiger partial charge in [-0.1, -0.05) is 0 Å². The number of aryl methyl sites for hydroxylation is 2. The summed E-state index contributed by atoms with van der Waals surface area (Å²) in [5, 5.41) is 31.4. The van der Waals surface area contributed by atoms with Crippen LogP contribution in [0.5, 0.6) is 11.5 Å². The molecule has 13 nitrogen and oxygen atoms in total. The van der Waals surface area contributed by atoms with Crippen molar-refractivity contribution in [3.05, 3.63) is 55.6 Å². The molecule has 0 unspecified atom stereocenters. The van der Waals surface area contributed by atoms with Crippen LogP contribution in [0.4, 0.5) is 13.2 Å². The summed E-state index contributed by atoms with van der Waals surface area (Å²) in [5.41, 5.74) is -1.98. The molecule has 17 heteroatoms. The number of carboxylic acids is 1. The fourth-order valence-electron chi connectivity index (χ4n) is 3.90. The van der Waals surface area contributed by atoms with Gasteiger partial charge in [0.2, 0.25) is 10.0 Å². The van der Waals surface area contributed by atoms with E-state index in [0.29, 0.717) is 32.8 Å². The van der Waals surface area contributed by atoms with E-state index < -0.39 is 39.3 Å². The quantitative estimate of drug-likeness (QED) is 0.288. The molecule has 2 aromatic rings. The molecular formula is C23H29F3N2O11S. The van der Waals surface area contributed by atoms with Crippen molar-refractivity contribution in [2.24, 2.45) is 0 Å². The first-order valence-corrected chi connectivity index (χ1v) is 13.5. The van der Waals surface area contributed by atoms with Gasteiger partial charge in [-0.25, -0.2) is 18.0 Å². The van der Waals surface area contributed by atoms with Crippen molar-refractivity contribution in [2.75, 3.05) is 45.1 Å². The summed E-state index contributed by atoms with van der Waals surface area (Å²) in [6.07, 6.45) is -5.06. The van der Waals surface area contributed by atoms with Crippen LogP contribution in [0.25, 0.3) is 0 Å². The summed E-state index contributed by atoms with van der Waals surface area (Å²) in [6, 6.07) is 2.52. The van der Waals surface area contributed by atoms with Crippen LogP contribution in [-0.4, -0.2) is 80.2 Å². The van der Waals surface area contributed by atoms with Gasteiger partial charge in [0.1, 0.15) is 34.7 Å². The number of carbonyl (C=O) groups is 1. The maximum Gasteiger partial charge on any atom is 0.430 e. The Morgan fingerprint density at radius 3 is 1.88 bits per heavy atom. The Hall–Kier alpha value is -3.41. The lowest BCUT2D eigenvalue weighted by Crippen LogP contribution is -2.85. The molecule has 2 aromatic heterocycles. The van der Waals surface area contributed by atoms with Crippen LogP contribution in [0.1, 0.15) is 35.0 Å². The predicted octanol–water partition coefficient (Wildman–Crippen LogP) is -1.33. The molecule has 3 rings (SSSR count). The lowest BCUT2D eigenvalue weighted by Gasteiger charge is -2.25. The van der Waals surface area contributed by atoms with E-state index in [1.807, 2.05) is 0 Å². The molecule has 0 amide bonds. The standard InChI is InChI=1S/C21H28N2O9S.C2HF3O2/c1-13-11-16(24)18(20(26)31-13)15(19-17(25)12-14(2)32-21(19)27)3-4-22-5-10-33(28,29)23-6-8-30-9-7-23;3-2(4,5)1(6)7/h11-12,15,22,24-25H,3-10H2,1-2H3;(H,6,7). The monoisotopic (exact) mass is 598 g/mol. The second kappa shape index (κ2) is 13.8. The second-order valence-corrected chi connectivity index (χ2v) is 10.8. The molecule has 0 saturated carbocycles. The minimum absolute atomic E-state index is 0.0759. The molecule has 0 spiro atoms. The maximum absolute atomic E-state index is 12.5. The molecular weight excluding hydrogens is 569 g/mol. The summed E-state index contributed by atoms with van der Waals surface area (Å²) in [6.45, 7) is 4.97. The van der Waals surface area contributed by atoms with Crippen molar-refractivity contribution in [1.29, 1.82) is 0 Å². The van der Waals surface area contributed by atoms with Gasteiger partial charge >= 0.3 is 17.4 Å². The number of hydrogen-bond acceptors (Lipinski definition) is 11. The van der Waals surface area contributed by atoms with Crippen molar-refractivity contribution >= 4 is 16.0 Å². The number of sulfonamides is 1. The molecule has 0 bridgehead atoms. The summed E-state index contributed by atoms with van der Waals surface area (Å²) >= 11 is 0. The molecule has 1 aliphatic rings. The molecule has 1 aliphatic heterocycles. The second-order valence-electron chi connectivity index (χ2n) is 8.71. The Morgan fingerprint density at radius 2 is 1.48 bits per heavy atom. The van der Waals surface area contributed by atoms with Crippen LogP contribution in [0.3, 0.4) is 0 Å². The zero-order chi connectivity index (χ0) is 30.3. The van der Waals surface area contributed by atoms with Crippen molar-refractivity contribution in [3.8, 4) is 11.5 Å². The lowest BCUT2D eigenvalue weighted by molar-refractivity contribution is -0.651. The Kier molecular flexibility index (Phi) is 11.3. The average Bonchev–Trinajstić information content (AvgIpc) is 2.82. The first-order chi connectivity index (χ1) is 18.5. The van der Waals surface area contributed by atoms with Crippen molar-refractivity contribution in [1.82, 2.24) is 4.31 Å². The number of aromatic hydroxyl groups is 2. The van der Waals surface area contributed by atoms with E-state index in [1.165, 1.54) is 30.3 Å². The minimum atomic E-state index is -5.19. The van der Waals surface area contributed by atoms with Gasteiger partial charge in [0.05, 0.1) is 37.4 Å². The fraction of sp³-hybridized carbons (Fsp3) is 0.522. The molecule has 0 radical (unpaired) electrons. The van der Waals surface area contributed by atoms with E-state index in [0.717, 1.165) is 0 Å². The summed E-state index contributed by atoms with van der Waals surface area (Å²) in [7, 11) is -3.41. The maximum atomic E-state index is 12.5. The van der Waals surface area contributed by atoms with Crippen molar-refractivity contribution in [3.63, 3.8) is 0 Å². The first-order valence-electron chi connectivity index (χ1n) is 11.9. The molecule has 0 aliphatic carbocycles. The van der Waals surface area contributed by atoms with E-state index in [1.54, 1.807) is 5.32 Å². The Morgan fingerprint density at radius 1 is 1.02 bits per heavy atom. The zero-order valence-corrected chi connectivity index (χ0v) is 22.3. The molecule has 0 aromatic carbocycles. The van der Waals surface area contributed by atoms with Gasteiger partial charge in [-0.05, 0) is 13.8 Å². The Bertz CT molecular complexity index is 1330. The molecule has 4 N–H and O–H groups in total. The number of rotatable bonds is 9. The van der Waals surface area contributed by atoms with Crippen molar-refractivity contribution in [2.45, 2.75) is 32.4 Å². The largest absolute Gasteiger partial charge is 0.542 e. The third-order valence-corrected chi connectivity index (χ3v) is 7.61. The number of quaternary nitrogens is 1. The van der Waals surface area contributed by atoms with Crippen LogP contribution < -0.4 is 21.7 Å². The number of ether oxygens (including phenoxy) is 1. The third kappa shape index (κ3) is 9.07. The molecule has 0 atom stereocenters. The summed E-state index contributed by atoms with van der Waals surface area (Å²) < 4.78 is 73.2. The normalized spacial score (nSPS) is 14.6. The van der Waals surface area contributed by atoms with E-state index in [-0.39, 0.29) is 52.9 Å². The molecule has 1 saturated heterocycles. The van der Waals surface area contributed by atoms with Crippen LogP contribution in [0, 0.1) is 13.8 Å². The average molecular weight is 599 g/mol. The van der Waals surface area contributed by atoms with E-state index >= 15 is 0 Å². The smallest absolute Gasteiger partial charge is 0.430 e. The number of carboxylic acid groups (broad SMARTS) is 1. The number of aliphatic carboxylic acids is 1. The molecule has 224 valence electrons. The minimum Gasteiger partial charge on any atom is -0.542 e. The number of halogens is 3. The van der Waals surface area contributed by atoms with Crippen LogP contribution in [0.2, 0.25) is 0 Å². The van der Waals surface area contributed by atoms with Crippen molar-refractivity contribution < 1.29 is 60.6 Å². The highest BCUT2D eigenvalue weighted by Crippen LogP contribution is 2.34. The Labute approximate surface area is 225 Å². The Balaban J connectivity index is 0.000000708. The topological polar surface area (TPSA) is 204 Å². The number of nitrogens with zero attached hydrogens (tertiary/aromatic N) is 1. The number of hydrogen-bond donors (Lipinski definition) is 3. The van der Waals surface area contributed by atoms with E-state index in [4.69, 9.17) is 23.5 Å². The number of nitrogens with two attached hydrogens (primary N) is 1. The van der Waals surface area contributed by atoms with E-state index in [9.17, 15) is 41.4 Å². The van der Waals surface area contributed by atoms with Crippen LogP contribution >= 0.6 is 0 Å². The van der Waals surface area contributed by atoms with Gasteiger partial charge in [0, 0.05) is 37.6 Å². The molecule has 1 fully saturated rings. The highest BCUT2D eigenvalue weighted by atomic mass is 32.2. The molecule has 3 heterocycles. The first kappa shape index (κ1) is 32.8. The van der Waals surface area contributed by atoms with Gasteiger partial charge < -0.3 is 39.0 Å². The fourth-order valence-corrected chi connectivity index (χ4v) is 5.33. The zero-order valence-electron chi connectivity index (χ0n) is 21.5. The molecule has 40 heavy (non-hydrogen) atoms. The van der Waals surface area contributed by atoms with Crippen LogP contribution in [0.15, 0.2) is 30.6 Å². The van der Waals surface area contributed by atoms with Gasteiger partial charge in [-0.15, -0.1) is 0 Å². The number of carbonyl (C=O) groups excluding carboxylic acids is 1. The summed E-state index contributed by atoms with van der Waals surface area (Å²) in [4.78, 5) is 33.8. The lowest BCUT2D eigenvalue weighted by atomic mass is 9.89. The van der Waals surface area contributed by atoms with Gasteiger partial charge in [0.15, 0.2) is 0 Å². The highest BCUT2D eigenvalue weighted by Gasteiger charge is 2.30. The summed E-state index contributed by atoms with van der Waals surface area (Å²) in [5.74, 6) is -4.42. The van der Waals surface area contributed by atoms with Gasteiger partial charge in [-0.2, -0.15) is 17.5 Å². The SMILES string of the molecule is Cc1cc(O)c(C(CC[NH2+]CCS(=O)(=O)N2CCOCC2)c2c(O)cc(C)oc2=O)c(=O)o1.O=C([O-])C(F)(F)F. The van der Waals surface area contributed by atoms with E-state index in [2.05, 4.69) is 0 Å². The third-order valence-electron chi connectivity index (χ3n) is 5.71. The highest BCUT2D eigenvalue weighted by molar-refractivity contribution is 7.89. The predicted molar refractivity (Wildman–Crippen MR) is 128 cm³/mol. The number of morpholine rings is 1.